The second kappa shape index (κ2) is 6.22. The van der Waals surface area contributed by atoms with Crippen LogP contribution in [0.1, 0.15) is 32.6 Å². The Morgan fingerprint density at radius 2 is 2.12 bits per heavy atom. The van der Waals surface area contributed by atoms with Crippen molar-refractivity contribution in [3.05, 3.63) is 0 Å². The van der Waals surface area contributed by atoms with E-state index in [-0.39, 0.29) is 18.2 Å². The minimum atomic E-state index is -0.869. The van der Waals surface area contributed by atoms with Gasteiger partial charge in [0.15, 0.2) is 0 Å². The first-order chi connectivity index (χ1) is 8.06. The fraction of sp³-hybridized carbons (Fsp3) is 0.727. The molecule has 2 N–H and O–H groups in total. The Kier molecular flexibility index (Phi) is 4.93. The molecule has 1 aliphatic heterocycles. The van der Waals surface area contributed by atoms with Gasteiger partial charge in [-0.1, -0.05) is 19.8 Å². The van der Waals surface area contributed by atoms with Gasteiger partial charge in [0.25, 0.3) is 11.8 Å². The quantitative estimate of drug-likeness (QED) is 0.499. The Morgan fingerprint density at radius 1 is 1.41 bits per heavy atom. The Morgan fingerprint density at radius 3 is 2.65 bits per heavy atom. The molecule has 17 heavy (non-hydrogen) atoms. The van der Waals surface area contributed by atoms with Gasteiger partial charge >= 0.3 is 0 Å². The maximum Gasteiger partial charge on any atom is 0.253 e. The molecule has 1 fully saturated rings. The number of rotatable bonds is 6. The number of nitrogens with one attached hydrogen (secondary N) is 2. The van der Waals surface area contributed by atoms with Crippen molar-refractivity contribution in [2.75, 3.05) is 13.6 Å². The van der Waals surface area contributed by atoms with Crippen LogP contribution in [0.2, 0.25) is 0 Å². The van der Waals surface area contributed by atoms with E-state index in [1.54, 1.807) is 0 Å². The summed E-state index contributed by atoms with van der Waals surface area (Å²) in [4.78, 5) is 34.3. The molecule has 1 aliphatic rings. The van der Waals surface area contributed by atoms with E-state index >= 15 is 0 Å². The van der Waals surface area contributed by atoms with Gasteiger partial charge in [-0.15, -0.1) is 0 Å². The summed E-state index contributed by atoms with van der Waals surface area (Å²) < 4.78 is 0. The van der Waals surface area contributed by atoms with E-state index < -0.39 is 11.8 Å². The number of hydrazine groups is 1. The van der Waals surface area contributed by atoms with Crippen molar-refractivity contribution in [1.82, 2.24) is 15.8 Å². The van der Waals surface area contributed by atoms with Crippen molar-refractivity contribution >= 4 is 17.7 Å². The number of hydrogen-bond acceptors (Lipinski definition) is 3. The van der Waals surface area contributed by atoms with Gasteiger partial charge in [0.1, 0.15) is 5.92 Å². The zero-order valence-electron chi connectivity index (χ0n) is 10.3. The Hall–Kier alpha value is -1.59. The predicted molar refractivity (Wildman–Crippen MR) is 61.6 cm³/mol. The molecule has 3 amide bonds. The van der Waals surface area contributed by atoms with E-state index in [2.05, 4.69) is 17.7 Å². The summed E-state index contributed by atoms with van der Waals surface area (Å²) in [6, 6.07) is 0. The third-order valence-electron chi connectivity index (χ3n) is 2.72. The Balaban J connectivity index is 2.31. The highest BCUT2D eigenvalue weighted by Gasteiger charge is 2.38. The molecule has 6 nitrogen and oxygen atoms in total. The first-order valence-electron chi connectivity index (χ1n) is 5.91. The monoisotopic (exact) mass is 241 g/mol. The normalized spacial score (nSPS) is 19.4. The molecule has 0 radical (unpaired) electrons. The predicted octanol–water partition coefficient (Wildman–Crippen LogP) is -0.198. The Labute approximate surface area is 101 Å². The molecule has 96 valence electrons. The van der Waals surface area contributed by atoms with Crippen molar-refractivity contribution in [2.24, 2.45) is 5.92 Å². The van der Waals surface area contributed by atoms with Crippen LogP contribution < -0.4 is 10.7 Å². The van der Waals surface area contributed by atoms with Crippen LogP contribution in [-0.4, -0.2) is 36.3 Å². The number of nitrogens with zero attached hydrogens (tertiary/aromatic N) is 1. The van der Waals surface area contributed by atoms with E-state index in [1.807, 2.05) is 0 Å². The molecule has 1 unspecified atom stereocenters. The van der Waals surface area contributed by atoms with Crippen LogP contribution >= 0.6 is 0 Å². The average molecular weight is 241 g/mol. The highest BCUT2D eigenvalue weighted by atomic mass is 16.2. The van der Waals surface area contributed by atoms with Gasteiger partial charge in [0, 0.05) is 20.0 Å². The summed E-state index contributed by atoms with van der Waals surface area (Å²) in [7, 11) is 1.47. The van der Waals surface area contributed by atoms with Crippen LogP contribution in [-0.2, 0) is 14.4 Å². The smallest absolute Gasteiger partial charge is 0.253 e. The highest BCUT2D eigenvalue weighted by Crippen LogP contribution is 2.12. The fourth-order valence-electron chi connectivity index (χ4n) is 1.68. The minimum absolute atomic E-state index is 0.0683. The lowest BCUT2D eigenvalue weighted by Gasteiger charge is -2.07. The Bertz CT molecular complexity index is 317. The van der Waals surface area contributed by atoms with E-state index in [1.165, 1.54) is 7.05 Å². The summed E-state index contributed by atoms with van der Waals surface area (Å²) in [6.07, 6.45) is 3.00. The van der Waals surface area contributed by atoms with Crippen LogP contribution in [0.5, 0.6) is 0 Å². The van der Waals surface area contributed by atoms with Crippen molar-refractivity contribution in [3.63, 3.8) is 0 Å². The maximum atomic E-state index is 11.5. The lowest BCUT2D eigenvalue weighted by Crippen LogP contribution is -2.31. The van der Waals surface area contributed by atoms with Gasteiger partial charge in [0.05, 0.1) is 0 Å². The standard InChI is InChI=1S/C11H19N3O3/c1-3-4-5-6-12-9(15)7-8-10(16)13-14(2)11(8)17/h8H,3-7H2,1-2H3,(H,12,15)(H,13,16). The molecule has 6 heteroatoms. The van der Waals surface area contributed by atoms with Crippen LogP contribution in [0.25, 0.3) is 0 Å². The first-order valence-corrected chi connectivity index (χ1v) is 5.91. The van der Waals surface area contributed by atoms with Crippen LogP contribution in [0.15, 0.2) is 0 Å². The van der Waals surface area contributed by atoms with Gasteiger partial charge in [0.2, 0.25) is 5.91 Å². The van der Waals surface area contributed by atoms with Gasteiger partial charge in [-0.25, -0.2) is 0 Å². The number of carbonyl (C=O) groups excluding carboxylic acids is 3. The van der Waals surface area contributed by atoms with Gasteiger partial charge < -0.3 is 5.32 Å². The molecule has 0 aromatic heterocycles. The zero-order chi connectivity index (χ0) is 12.8. The summed E-state index contributed by atoms with van der Waals surface area (Å²) >= 11 is 0. The van der Waals surface area contributed by atoms with Crippen molar-refractivity contribution in [2.45, 2.75) is 32.6 Å². The number of hydrogen-bond donors (Lipinski definition) is 2. The molecule has 1 saturated heterocycles. The summed E-state index contributed by atoms with van der Waals surface area (Å²) in [5, 5.41) is 3.83. The van der Waals surface area contributed by atoms with Crippen molar-refractivity contribution < 1.29 is 14.4 Å². The summed E-state index contributed by atoms with van der Waals surface area (Å²) in [5.41, 5.74) is 2.36. The third kappa shape index (κ3) is 3.72. The van der Waals surface area contributed by atoms with Crippen molar-refractivity contribution in [1.29, 1.82) is 0 Å². The lowest BCUT2D eigenvalue weighted by atomic mass is 10.1. The number of amides is 3. The van der Waals surface area contributed by atoms with Crippen molar-refractivity contribution in [3.8, 4) is 0 Å². The van der Waals surface area contributed by atoms with E-state index in [0.717, 1.165) is 24.3 Å². The lowest BCUT2D eigenvalue weighted by molar-refractivity contribution is -0.135. The maximum absolute atomic E-state index is 11.5. The van der Waals surface area contributed by atoms with Crippen LogP contribution in [0, 0.1) is 5.92 Å². The molecular formula is C11H19N3O3. The van der Waals surface area contributed by atoms with Gasteiger partial charge in [-0.05, 0) is 6.42 Å². The molecule has 0 spiro atoms. The second-order valence-corrected chi connectivity index (χ2v) is 4.19. The van der Waals surface area contributed by atoms with Crippen LogP contribution in [0.4, 0.5) is 0 Å². The average Bonchev–Trinajstić information content (AvgIpc) is 2.52. The molecule has 0 aromatic carbocycles. The first kappa shape index (κ1) is 13.5. The number of unbranched alkanes of at least 4 members (excludes halogenated alkanes) is 2. The molecule has 1 heterocycles. The zero-order valence-corrected chi connectivity index (χ0v) is 10.3. The van der Waals surface area contributed by atoms with Gasteiger partial charge in [-0.2, -0.15) is 0 Å². The second-order valence-electron chi connectivity index (χ2n) is 4.19. The minimum Gasteiger partial charge on any atom is -0.356 e. The largest absolute Gasteiger partial charge is 0.356 e. The summed E-state index contributed by atoms with van der Waals surface area (Å²) in [6.45, 7) is 2.68. The SMILES string of the molecule is CCCCCNC(=O)CC1C(=O)NN(C)C1=O. The third-order valence-corrected chi connectivity index (χ3v) is 2.72. The molecule has 0 aliphatic carbocycles. The van der Waals surface area contributed by atoms with Crippen LogP contribution in [0.3, 0.4) is 0 Å². The summed E-state index contributed by atoms with van der Waals surface area (Å²) in [5.74, 6) is -1.86. The molecule has 0 bridgehead atoms. The van der Waals surface area contributed by atoms with E-state index in [0.29, 0.717) is 6.54 Å². The molecule has 0 saturated carbocycles. The molecular weight excluding hydrogens is 222 g/mol. The fourth-order valence-corrected chi connectivity index (χ4v) is 1.68. The number of carbonyl (C=O) groups is 3. The van der Waals surface area contributed by atoms with Gasteiger partial charge in [-0.3, -0.25) is 24.8 Å². The molecule has 1 rings (SSSR count). The topological polar surface area (TPSA) is 78.5 Å². The molecule has 1 atom stereocenters. The van der Waals surface area contributed by atoms with E-state index in [4.69, 9.17) is 0 Å². The highest BCUT2D eigenvalue weighted by molar-refractivity contribution is 6.07. The molecule has 0 aromatic rings. The van der Waals surface area contributed by atoms with E-state index in [9.17, 15) is 14.4 Å².